The van der Waals surface area contributed by atoms with Gasteiger partial charge in [-0.05, 0) is 26.8 Å². The van der Waals surface area contributed by atoms with Crippen LogP contribution in [-0.4, -0.2) is 31.1 Å². The van der Waals surface area contributed by atoms with Gasteiger partial charge in [0.15, 0.2) is 0 Å². The molecule has 0 spiro atoms. The first-order valence-corrected chi connectivity index (χ1v) is 6.13. The maximum Gasteiger partial charge on any atom is 0.317 e. The Kier molecular flexibility index (Phi) is 5.01. The highest BCUT2D eigenvalue weighted by molar-refractivity contribution is 5.74. The molecule has 1 unspecified atom stereocenters. The molecule has 0 radical (unpaired) electrons. The summed E-state index contributed by atoms with van der Waals surface area (Å²) in [6.45, 7) is 5.87. The van der Waals surface area contributed by atoms with Crippen LogP contribution in [0.3, 0.4) is 0 Å². The molecule has 0 bridgehead atoms. The fourth-order valence-corrected chi connectivity index (χ4v) is 1.74. The third-order valence-electron chi connectivity index (χ3n) is 2.90. The second-order valence-electron chi connectivity index (χ2n) is 4.63. The standard InChI is InChI=1S/C14H22N2O2/c1-10(2)15-14(17)16(4)11(3)12-8-6-7-9-13(12)18-5/h6-11H,1-5H3,(H,15,17). The minimum Gasteiger partial charge on any atom is -0.496 e. The van der Waals surface area contributed by atoms with E-state index in [1.807, 2.05) is 45.0 Å². The molecule has 1 atom stereocenters. The largest absolute Gasteiger partial charge is 0.496 e. The Hall–Kier alpha value is -1.71. The van der Waals surface area contributed by atoms with Crippen molar-refractivity contribution in [1.82, 2.24) is 10.2 Å². The second-order valence-corrected chi connectivity index (χ2v) is 4.63. The summed E-state index contributed by atoms with van der Waals surface area (Å²) in [6, 6.07) is 7.75. The Balaban J connectivity index is 2.85. The smallest absolute Gasteiger partial charge is 0.317 e. The molecule has 0 saturated carbocycles. The molecule has 4 nitrogen and oxygen atoms in total. The summed E-state index contributed by atoms with van der Waals surface area (Å²) in [4.78, 5) is 13.6. The van der Waals surface area contributed by atoms with Crippen LogP contribution in [0.15, 0.2) is 24.3 Å². The van der Waals surface area contributed by atoms with Gasteiger partial charge in [0.25, 0.3) is 0 Å². The number of nitrogens with zero attached hydrogens (tertiary/aromatic N) is 1. The number of carbonyl (C=O) groups is 1. The first-order chi connectivity index (χ1) is 8.47. The normalized spacial score (nSPS) is 12.1. The molecule has 4 heteroatoms. The van der Waals surface area contributed by atoms with Crippen molar-refractivity contribution in [3.63, 3.8) is 0 Å². The van der Waals surface area contributed by atoms with Gasteiger partial charge >= 0.3 is 6.03 Å². The number of methoxy groups -OCH3 is 1. The Morgan fingerprint density at radius 2 is 1.89 bits per heavy atom. The fraction of sp³-hybridized carbons (Fsp3) is 0.500. The predicted molar refractivity (Wildman–Crippen MR) is 72.8 cm³/mol. The molecule has 0 aliphatic rings. The van der Waals surface area contributed by atoms with Gasteiger partial charge in [-0.15, -0.1) is 0 Å². The summed E-state index contributed by atoms with van der Waals surface area (Å²) in [7, 11) is 3.43. The van der Waals surface area contributed by atoms with E-state index in [0.29, 0.717) is 0 Å². The number of hydrogen-bond acceptors (Lipinski definition) is 2. The first kappa shape index (κ1) is 14.4. The molecular formula is C14H22N2O2. The van der Waals surface area contributed by atoms with Gasteiger partial charge in [0.05, 0.1) is 13.2 Å². The molecule has 0 aliphatic heterocycles. The zero-order valence-corrected chi connectivity index (χ0v) is 11.7. The third kappa shape index (κ3) is 3.39. The number of ether oxygens (including phenoxy) is 1. The lowest BCUT2D eigenvalue weighted by molar-refractivity contribution is 0.191. The number of urea groups is 1. The molecular weight excluding hydrogens is 228 g/mol. The van der Waals surface area contributed by atoms with E-state index < -0.39 is 0 Å². The number of hydrogen-bond donors (Lipinski definition) is 1. The lowest BCUT2D eigenvalue weighted by Gasteiger charge is -2.27. The van der Waals surface area contributed by atoms with Crippen molar-refractivity contribution in [2.24, 2.45) is 0 Å². The number of rotatable bonds is 4. The van der Waals surface area contributed by atoms with Gasteiger partial charge in [0.2, 0.25) is 0 Å². The number of para-hydroxylation sites is 1. The van der Waals surface area contributed by atoms with Crippen LogP contribution in [0, 0.1) is 0 Å². The van der Waals surface area contributed by atoms with Crippen molar-refractivity contribution in [3.8, 4) is 5.75 Å². The Bertz CT molecular complexity index is 405. The number of benzene rings is 1. The highest BCUT2D eigenvalue weighted by Gasteiger charge is 2.20. The maximum absolute atomic E-state index is 11.9. The number of carbonyl (C=O) groups excluding carboxylic acids is 1. The number of nitrogens with one attached hydrogen (secondary N) is 1. The van der Waals surface area contributed by atoms with E-state index in [2.05, 4.69) is 5.32 Å². The quantitative estimate of drug-likeness (QED) is 0.892. The second kappa shape index (κ2) is 6.28. The summed E-state index contributed by atoms with van der Waals surface area (Å²) in [6.07, 6.45) is 0. The van der Waals surface area contributed by atoms with E-state index in [9.17, 15) is 4.79 Å². The highest BCUT2D eigenvalue weighted by Crippen LogP contribution is 2.27. The van der Waals surface area contributed by atoms with E-state index in [0.717, 1.165) is 11.3 Å². The Labute approximate surface area is 109 Å². The predicted octanol–water partition coefficient (Wildman–Crippen LogP) is 2.81. The van der Waals surface area contributed by atoms with Gasteiger partial charge in [-0.2, -0.15) is 0 Å². The summed E-state index contributed by atoms with van der Waals surface area (Å²) in [5, 5.41) is 2.88. The topological polar surface area (TPSA) is 41.6 Å². The van der Waals surface area contributed by atoms with Crippen molar-refractivity contribution >= 4 is 6.03 Å². The van der Waals surface area contributed by atoms with Crippen LogP contribution in [0.1, 0.15) is 32.4 Å². The molecule has 1 N–H and O–H groups in total. The van der Waals surface area contributed by atoms with E-state index in [1.54, 1.807) is 19.1 Å². The average molecular weight is 250 g/mol. The minimum atomic E-state index is -0.0802. The van der Waals surface area contributed by atoms with Crippen LogP contribution in [0.2, 0.25) is 0 Å². The molecule has 0 aromatic heterocycles. The van der Waals surface area contributed by atoms with Gasteiger partial charge in [0, 0.05) is 18.7 Å². The zero-order valence-electron chi connectivity index (χ0n) is 11.7. The van der Waals surface area contributed by atoms with Crippen molar-refractivity contribution in [3.05, 3.63) is 29.8 Å². The van der Waals surface area contributed by atoms with Crippen LogP contribution >= 0.6 is 0 Å². The van der Waals surface area contributed by atoms with Crippen LogP contribution in [0.4, 0.5) is 4.79 Å². The van der Waals surface area contributed by atoms with Crippen LogP contribution in [0.25, 0.3) is 0 Å². The molecule has 1 rings (SSSR count). The molecule has 0 aliphatic carbocycles. The molecule has 0 fully saturated rings. The third-order valence-corrected chi connectivity index (χ3v) is 2.90. The molecule has 100 valence electrons. The molecule has 18 heavy (non-hydrogen) atoms. The van der Waals surface area contributed by atoms with Gasteiger partial charge in [0.1, 0.15) is 5.75 Å². The Morgan fingerprint density at radius 3 is 2.44 bits per heavy atom. The first-order valence-electron chi connectivity index (χ1n) is 6.13. The van der Waals surface area contributed by atoms with Crippen LogP contribution in [-0.2, 0) is 0 Å². The van der Waals surface area contributed by atoms with Gasteiger partial charge in [-0.25, -0.2) is 4.79 Å². The summed E-state index contributed by atoms with van der Waals surface area (Å²) in [5.41, 5.74) is 1.00. The highest BCUT2D eigenvalue weighted by atomic mass is 16.5. The van der Waals surface area contributed by atoms with Crippen molar-refractivity contribution in [1.29, 1.82) is 0 Å². The van der Waals surface area contributed by atoms with E-state index in [1.165, 1.54) is 0 Å². The van der Waals surface area contributed by atoms with E-state index >= 15 is 0 Å². The van der Waals surface area contributed by atoms with E-state index in [4.69, 9.17) is 4.74 Å². The van der Waals surface area contributed by atoms with Crippen LogP contribution < -0.4 is 10.1 Å². The SMILES string of the molecule is COc1ccccc1C(C)N(C)C(=O)NC(C)C. The van der Waals surface area contributed by atoms with E-state index in [-0.39, 0.29) is 18.1 Å². The molecule has 2 amide bonds. The van der Waals surface area contributed by atoms with Gasteiger partial charge in [-0.1, -0.05) is 18.2 Å². The summed E-state index contributed by atoms with van der Waals surface area (Å²) in [5.74, 6) is 0.800. The average Bonchev–Trinajstić information content (AvgIpc) is 2.36. The fourth-order valence-electron chi connectivity index (χ4n) is 1.74. The zero-order chi connectivity index (χ0) is 13.7. The molecule has 1 aromatic carbocycles. The summed E-state index contributed by atoms with van der Waals surface area (Å²) >= 11 is 0. The monoisotopic (exact) mass is 250 g/mol. The Morgan fingerprint density at radius 1 is 1.28 bits per heavy atom. The molecule has 0 heterocycles. The van der Waals surface area contributed by atoms with Crippen molar-refractivity contribution in [2.75, 3.05) is 14.2 Å². The van der Waals surface area contributed by atoms with Crippen molar-refractivity contribution in [2.45, 2.75) is 32.9 Å². The van der Waals surface area contributed by atoms with Crippen molar-refractivity contribution < 1.29 is 9.53 Å². The lowest BCUT2D eigenvalue weighted by Crippen LogP contribution is -2.41. The summed E-state index contributed by atoms with van der Waals surface area (Å²) < 4.78 is 5.32. The minimum absolute atomic E-state index is 0.0418. The van der Waals surface area contributed by atoms with Crippen LogP contribution in [0.5, 0.6) is 5.75 Å². The lowest BCUT2D eigenvalue weighted by atomic mass is 10.1. The molecule has 0 saturated heterocycles. The van der Waals surface area contributed by atoms with Gasteiger partial charge in [-0.3, -0.25) is 0 Å². The molecule has 1 aromatic rings. The maximum atomic E-state index is 11.9. The number of amides is 2. The van der Waals surface area contributed by atoms with Gasteiger partial charge < -0.3 is 15.0 Å².